The third kappa shape index (κ3) is 10.5. The maximum Gasteiger partial charge on any atom is 0.407 e. The largest absolute Gasteiger partial charge is 0.444 e. The van der Waals surface area contributed by atoms with Gasteiger partial charge in [-0.05, 0) is 57.5 Å². The van der Waals surface area contributed by atoms with E-state index >= 15 is 0 Å². The van der Waals surface area contributed by atoms with Crippen LogP contribution in [0.2, 0.25) is 0 Å². The van der Waals surface area contributed by atoms with Crippen molar-refractivity contribution in [2.45, 2.75) is 52.7 Å². The Morgan fingerprint density at radius 2 is 2.07 bits per heavy atom. The fourth-order valence-electron chi connectivity index (χ4n) is 2.95. The van der Waals surface area contributed by atoms with Crippen LogP contribution in [0.1, 0.15) is 44.6 Å². The van der Waals surface area contributed by atoms with E-state index in [1.165, 1.54) is 5.56 Å². The Morgan fingerprint density at radius 1 is 1.28 bits per heavy atom. The number of nitrogens with zero attached hydrogens (tertiary/aromatic N) is 2. The molecular weight excluding hydrogens is 501 g/mol. The number of hydrogen-bond acceptors (Lipinski definition) is 5. The first-order valence-corrected chi connectivity index (χ1v) is 11.0. The van der Waals surface area contributed by atoms with Gasteiger partial charge in [-0.15, -0.1) is 35.3 Å². The molecule has 0 unspecified atom stereocenters. The Kier molecular flexibility index (Phi) is 11.9. The number of hydrogen-bond donors (Lipinski definition) is 3. The molecule has 3 N–H and O–H groups in total. The molecule has 2 rings (SSSR count). The highest BCUT2D eigenvalue weighted by atomic mass is 127. The molecule has 1 aromatic rings. The highest BCUT2D eigenvalue weighted by Gasteiger charge is 2.17. The van der Waals surface area contributed by atoms with Crippen LogP contribution in [0.25, 0.3) is 0 Å². The average Bonchev–Trinajstić information content (AvgIpc) is 3.07. The quantitative estimate of drug-likeness (QED) is 0.206. The molecular formula is C20H36IN5O2S. The molecule has 0 bridgehead atoms. The van der Waals surface area contributed by atoms with Gasteiger partial charge in [-0.2, -0.15) is 0 Å². The Hall–Kier alpha value is -1.07. The van der Waals surface area contributed by atoms with Crippen molar-refractivity contribution in [3.05, 3.63) is 21.9 Å². The minimum absolute atomic E-state index is 0. The first kappa shape index (κ1) is 26.0. The molecule has 2 heterocycles. The molecule has 1 aliphatic heterocycles. The van der Waals surface area contributed by atoms with Crippen LogP contribution in [0.3, 0.4) is 0 Å². The second kappa shape index (κ2) is 13.3. The standard InChI is InChI=1S/C20H35N5O2S.HI/c1-5-21-18(22-9-6-10-24-19(26)27-20(2,3)4)23-11-13-25-12-7-17-16(15-25)8-14-28-17;/h8,14H,5-7,9-13,15H2,1-4H3,(H,24,26)(H2,21,22,23);1H. The van der Waals surface area contributed by atoms with E-state index in [2.05, 4.69) is 44.2 Å². The van der Waals surface area contributed by atoms with E-state index in [1.54, 1.807) is 4.88 Å². The predicted octanol–water partition coefficient (Wildman–Crippen LogP) is 3.19. The first-order valence-electron chi connectivity index (χ1n) is 10.1. The predicted molar refractivity (Wildman–Crippen MR) is 132 cm³/mol. The third-order valence-corrected chi connectivity index (χ3v) is 5.25. The molecule has 0 aromatic carbocycles. The molecule has 7 nitrogen and oxygen atoms in total. The zero-order valence-electron chi connectivity index (χ0n) is 18.0. The highest BCUT2D eigenvalue weighted by Crippen LogP contribution is 2.23. The van der Waals surface area contributed by atoms with Gasteiger partial charge in [0.05, 0.1) is 0 Å². The molecule has 9 heteroatoms. The molecule has 0 radical (unpaired) electrons. The molecule has 0 saturated heterocycles. The van der Waals surface area contributed by atoms with Crippen LogP contribution in [0, 0.1) is 0 Å². The van der Waals surface area contributed by atoms with Crippen LogP contribution in [0.5, 0.6) is 0 Å². The van der Waals surface area contributed by atoms with Crippen LogP contribution >= 0.6 is 35.3 Å². The summed E-state index contributed by atoms with van der Waals surface area (Å²) in [5.74, 6) is 0.827. The zero-order valence-corrected chi connectivity index (χ0v) is 21.2. The SMILES string of the molecule is CCNC(=NCCCNC(=O)OC(C)(C)C)NCCN1CCc2sccc2C1.I. The van der Waals surface area contributed by atoms with Crippen LogP contribution in [-0.4, -0.2) is 61.8 Å². The maximum atomic E-state index is 11.6. The molecule has 0 aliphatic carbocycles. The van der Waals surface area contributed by atoms with Crippen LogP contribution in [0.15, 0.2) is 16.4 Å². The Labute approximate surface area is 196 Å². The zero-order chi connectivity index (χ0) is 20.4. The van der Waals surface area contributed by atoms with Crippen molar-refractivity contribution in [2.75, 3.05) is 39.3 Å². The molecule has 29 heavy (non-hydrogen) atoms. The summed E-state index contributed by atoms with van der Waals surface area (Å²) in [5.41, 5.74) is 1.01. The number of amides is 1. The van der Waals surface area contributed by atoms with Crippen molar-refractivity contribution < 1.29 is 9.53 Å². The first-order chi connectivity index (χ1) is 13.4. The van der Waals surface area contributed by atoms with E-state index in [-0.39, 0.29) is 30.1 Å². The average molecular weight is 538 g/mol. The van der Waals surface area contributed by atoms with E-state index in [0.29, 0.717) is 13.1 Å². The summed E-state index contributed by atoms with van der Waals surface area (Å²) >= 11 is 1.87. The van der Waals surface area contributed by atoms with Gasteiger partial charge < -0.3 is 20.7 Å². The Morgan fingerprint density at radius 3 is 2.79 bits per heavy atom. The van der Waals surface area contributed by atoms with Crippen LogP contribution in [0.4, 0.5) is 4.79 Å². The lowest BCUT2D eigenvalue weighted by Gasteiger charge is -2.27. The smallest absolute Gasteiger partial charge is 0.407 e. The summed E-state index contributed by atoms with van der Waals surface area (Å²) in [6.45, 7) is 13.7. The number of carbonyl (C=O) groups excluding carboxylic acids is 1. The Bertz CT molecular complexity index is 645. The van der Waals surface area contributed by atoms with Gasteiger partial charge in [0.1, 0.15) is 5.60 Å². The minimum Gasteiger partial charge on any atom is -0.444 e. The van der Waals surface area contributed by atoms with Crippen LogP contribution < -0.4 is 16.0 Å². The fraction of sp³-hybridized carbons (Fsp3) is 0.700. The van der Waals surface area contributed by atoms with Gasteiger partial charge >= 0.3 is 6.09 Å². The molecule has 1 aliphatic rings. The fourth-order valence-corrected chi connectivity index (χ4v) is 3.84. The monoisotopic (exact) mass is 537 g/mol. The van der Waals surface area contributed by atoms with Crippen molar-refractivity contribution in [1.29, 1.82) is 0 Å². The number of fused-ring (bicyclic) bond motifs is 1. The van der Waals surface area contributed by atoms with Crippen molar-refractivity contribution in [1.82, 2.24) is 20.9 Å². The lowest BCUT2D eigenvalue weighted by atomic mass is 10.1. The summed E-state index contributed by atoms with van der Waals surface area (Å²) < 4.78 is 5.22. The van der Waals surface area contributed by atoms with E-state index in [4.69, 9.17) is 4.74 Å². The molecule has 0 fully saturated rings. The molecule has 0 saturated carbocycles. The summed E-state index contributed by atoms with van der Waals surface area (Å²) in [6.07, 6.45) is 1.55. The topological polar surface area (TPSA) is 78.0 Å². The molecule has 1 amide bonds. The molecule has 1 aromatic heterocycles. The molecule has 0 spiro atoms. The minimum atomic E-state index is -0.469. The number of ether oxygens (including phenoxy) is 1. The number of halogens is 1. The number of aliphatic imine (C=N–C) groups is 1. The maximum absolute atomic E-state index is 11.6. The highest BCUT2D eigenvalue weighted by molar-refractivity contribution is 14.0. The van der Waals surface area contributed by atoms with E-state index < -0.39 is 5.60 Å². The normalized spacial score (nSPS) is 14.6. The summed E-state index contributed by atoms with van der Waals surface area (Å²) in [4.78, 5) is 20.2. The van der Waals surface area contributed by atoms with Gasteiger partial charge in [0.25, 0.3) is 0 Å². The van der Waals surface area contributed by atoms with E-state index in [1.807, 2.05) is 32.1 Å². The van der Waals surface area contributed by atoms with Gasteiger partial charge in [0.2, 0.25) is 0 Å². The third-order valence-electron chi connectivity index (χ3n) is 4.22. The van der Waals surface area contributed by atoms with Crippen molar-refractivity contribution in [2.24, 2.45) is 4.99 Å². The number of carbonyl (C=O) groups is 1. The number of guanidine groups is 1. The number of nitrogens with one attached hydrogen (secondary N) is 3. The van der Waals surface area contributed by atoms with E-state index in [0.717, 1.165) is 51.5 Å². The van der Waals surface area contributed by atoms with Gasteiger partial charge in [-0.3, -0.25) is 9.89 Å². The van der Waals surface area contributed by atoms with Crippen molar-refractivity contribution in [3.63, 3.8) is 0 Å². The number of rotatable bonds is 8. The lowest BCUT2D eigenvalue weighted by molar-refractivity contribution is 0.0527. The van der Waals surface area contributed by atoms with Crippen molar-refractivity contribution in [3.8, 4) is 0 Å². The van der Waals surface area contributed by atoms with Crippen LogP contribution in [-0.2, 0) is 17.7 Å². The van der Waals surface area contributed by atoms with Gasteiger partial charge in [-0.25, -0.2) is 4.79 Å². The lowest BCUT2D eigenvalue weighted by Crippen LogP contribution is -2.42. The number of alkyl carbamates (subject to hydrolysis) is 1. The molecule has 166 valence electrons. The summed E-state index contributed by atoms with van der Waals surface area (Å²) in [6, 6.07) is 2.25. The summed E-state index contributed by atoms with van der Waals surface area (Å²) in [7, 11) is 0. The van der Waals surface area contributed by atoms with E-state index in [9.17, 15) is 4.79 Å². The number of thiophene rings is 1. The van der Waals surface area contributed by atoms with Gasteiger partial charge in [-0.1, -0.05) is 0 Å². The molecule has 0 atom stereocenters. The second-order valence-electron chi connectivity index (χ2n) is 7.86. The summed E-state index contributed by atoms with van der Waals surface area (Å²) in [5, 5.41) is 11.6. The second-order valence-corrected chi connectivity index (χ2v) is 8.87. The van der Waals surface area contributed by atoms with Crippen molar-refractivity contribution >= 4 is 47.4 Å². The van der Waals surface area contributed by atoms with Gasteiger partial charge in [0.15, 0.2) is 5.96 Å². The Balaban J connectivity index is 0.00000420. The van der Waals surface area contributed by atoms with Gasteiger partial charge in [0, 0.05) is 50.7 Å².